The minimum atomic E-state index is -2.56. The molecule has 0 heterocycles. The van der Waals surface area contributed by atoms with Crippen LogP contribution in [0.4, 0.5) is 0 Å². The van der Waals surface area contributed by atoms with Crippen LogP contribution in [0.5, 0.6) is 0 Å². The smallest absolute Gasteiger partial charge is 0.363 e. The molecule has 0 aromatic carbocycles. The molecule has 0 bridgehead atoms. The Hall–Kier alpha value is -0.179. The second-order valence-electron chi connectivity index (χ2n) is 3.22. The molecule has 0 aromatic heterocycles. The fourth-order valence-electron chi connectivity index (χ4n) is 0.950. The molecule has 13 heavy (non-hydrogen) atoms. The molecule has 0 rings (SSSR count). The van der Waals surface area contributed by atoms with E-state index < -0.39 is 22.6 Å². The van der Waals surface area contributed by atoms with Gasteiger partial charge in [-0.05, 0) is 22.7 Å². The van der Waals surface area contributed by atoms with Crippen molar-refractivity contribution in [2.24, 2.45) is 0 Å². The lowest BCUT2D eigenvalue weighted by Crippen LogP contribution is -2.47. The molecule has 76 valence electrons. The van der Waals surface area contributed by atoms with Crippen LogP contribution >= 0.6 is 0 Å². The van der Waals surface area contributed by atoms with E-state index in [4.69, 9.17) is 4.43 Å². The summed E-state index contributed by atoms with van der Waals surface area (Å²) in [5, 5.41) is 0. The zero-order chi connectivity index (χ0) is 10.5. The molecule has 0 fully saturated rings. The molecule has 0 aliphatic carbocycles. The Labute approximate surface area is 85.3 Å². The lowest BCUT2D eigenvalue weighted by Gasteiger charge is -2.22. The van der Waals surface area contributed by atoms with Crippen LogP contribution in [0, 0.1) is 0 Å². The number of rotatable bonds is 5. The lowest BCUT2D eigenvalue weighted by atomic mass is 10.4. The third kappa shape index (κ3) is 4.55. The first kappa shape index (κ1) is 12.8. The summed E-state index contributed by atoms with van der Waals surface area (Å²) in [5.41, 5.74) is 0.381. The van der Waals surface area contributed by atoms with Crippen molar-refractivity contribution in [2.45, 2.75) is 26.3 Å². The summed E-state index contributed by atoms with van der Waals surface area (Å²) in [4.78, 5) is 21.2. The van der Waals surface area contributed by atoms with Gasteiger partial charge in [0.25, 0.3) is 0 Å². The predicted octanol–water partition coefficient (Wildman–Crippen LogP) is -1.10. The first-order chi connectivity index (χ1) is 5.95. The van der Waals surface area contributed by atoms with E-state index in [1.165, 1.54) is 0 Å². The molecule has 0 amide bonds. The van der Waals surface area contributed by atoms with Gasteiger partial charge in [0.05, 0.1) is 8.55 Å². The van der Waals surface area contributed by atoms with Crippen molar-refractivity contribution in [3.63, 3.8) is 0 Å². The van der Waals surface area contributed by atoms with Crippen molar-refractivity contribution in [1.82, 2.24) is 0 Å². The second-order valence-corrected chi connectivity index (χ2v) is 18.3. The molecule has 1 atom stereocenters. The molecule has 0 saturated carbocycles. The zero-order valence-corrected chi connectivity index (χ0v) is 13.0. The van der Waals surface area contributed by atoms with Crippen molar-refractivity contribution in [3.8, 4) is 0 Å². The van der Waals surface area contributed by atoms with Gasteiger partial charge in [0, 0.05) is 5.57 Å². The Bertz CT molecular complexity index is 207. The summed E-state index contributed by atoms with van der Waals surface area (Å²) in [6.45, 7) is 7.10. The van der Waals surface area contributed by atoms with Crippen molar-refractivity contribution in [1.29, 1.82) is 0 Å². The minimum Gasteiger partial charge on any atom is -0.495 e. The van der Waals surface area contributed by atoms with Gasteiger partial charge in [-0.3, -0.25) is 0 Å². The monoisotopic (exact) mass is 234 g/mol. The second kappa shape index (κ2) is 5.53. The molecule has 0 aliphatic rings. The van der Waals surface area contributed by atoms with Crippen LogP contribution in [-0.2, 0) is 9.22 Å². The zero-order valence-electron chi connectivity index (χ0n) is 8.59. The van der Waals surface area contributed by atoms with Crippen LogP contribution < -0.4 is 0 Å². The van der Waals surface area contributed by atoms with Gasteiger partial charge in [0.1, 0.15) is 0 Å². The van der Waals surface area contributed by atoms with Crippen LogP contribution in [0.3, 0.4) is 0 Å². The number of hydrogen-bond acceptors (Lipinski definition) is 3. The third-order valence-electron chi connectivity index (χ3n) is 1.82. The van der Waals surface area contributed by atoms with E-state index >= 15 is 0 Å². The van der Waals surface area contributed by atoms with E-state index in [0.717, 1.165) is 16.2 Å². The highest BCUT2D eigenvalue weighted by Crippen LogP contribution is 2.10. The predicted molar refractivity (Wildman–Crippen MR) is 62.5 cm³/mol. The Morgan fingerprint density at radius 1 is 1.77 bits per heavy atom. The topological polar surface area (TPSA) is 46.5 Å². The van der Waals surface area contributed by atoms with Crippen molar-refractivity contribution < 1.29 is 14.0 Å². The fourth-order valence-corrected chi connectivity index (χ4v) is 10.3. The highest BCUT2D eigenvalue weighted by Gasteiger charge is 2.33. The van der Waals surface area contributed by atoms with E-state index in [0.29, 0.717) is 11.6 Å². The van der Waals surface area contributed by atoms with E-state index in [-0.39, 0.29) is 0 Å². The average Bonchev–Trinajstić information content (AvgIpc) is 2.04. The fraction of sp³-hybridized carbons (Fsp3) is 0.571. The third-order valence-corrected chi connectivity index (χ3v) is 19.5. The largest absolute Gasteiger partial charge is 0.495 e. The normalized spacial score (nSPS) is 15.9. The summed E-state index contributed by atoms with van der Waals surface area (Å²) in [5.74, 6) is -0.411. The van der Waals surface area contributed by atoms with E-state index in [9.17, 15) is 9.59 Å². The molecule has 0 saturated heterocycles. The summed E-state index contributed by atoms with van der Waals surface area (Å²) >= 11 is 0. The van der Waals surface area contributed by atoms with Crippen LogP contribution in [-0.4, -0.2) is 37.2 Å². The van der Waals surface area contributed by atoms with Gasteiger partial charge in [-0.2, -0.15) is 0 Å². The van der Waals surface area contributed by atoms with Crippen LogP contribution in [0.1, 0.15) is 20.3 Å². The average molecular weight is 234 g/mol. The molecule has 3 nitrogen and oxygen atoms in total. The standard InChI is InChI=1S/C7H18O3Si3/c1-4-5-13(9,12-11)10-7(8)6(2)3/h9H,2,4-5,12H2,1,3,11H3. The van der Waals surface area contributed by atoms with Crippen molar-refractivity contribution in [2.75, 3.05) is 0 Å². The number of carbonyl (C=O) groups excluding carboxylic acids is 1. The summed E-state index contributed by atoms with van der Waals surface area (Å²) in [7, 11) is -2.06. The van der Waals surface area contributed by atoms with Crippen molar-refractivity contribution >= 4 is 32.4 Å². The maximum absolute atomic E-state index is 11.2. The SMILES string of the molecule is C=C(C)C(=O)O[Si](O)(CCC)[SiH2][SiH3]. The van der Waals surface area contributed by atoms with Gasteiger partial charge in [0.2, 0.25) is 0 Å². The van der Waals surface area contributed by atoms with Crippen LogP contribution in [0.25, 0.3) is 0 Å². The maximum atomic E-state index is 11.2. The van der Waals surface area contributed by atoms with Gasteiger partial charge in [-0.15, -0.1) is 0 Å². The summed E-state index contributed by atoms with van der Waals surface area (Å²) in [6.07, 6.45) is 0.890. The quantitative estimate of drug-likeness (QED) is 0.485. The highest BCUT2D eigenvalue weighted by molar-refractivity contribution is 7.35. The molecule has 0 aliphatic heterocycles. The van der Waals surface area contributed by atoms with E-state index in [2.05, 4.69) is 6.58 Å². The Balaban J connectivity index is 4.26. The molecule has 1 N–H and O–H groups in total. The first-order valence-electron chi connectivity index (χ1n) is 4.56. The van der Waals surface area contributed by atoms with Crippen molar-refractivity contribution in [3.05, 3.63) is 12.2 Å². The molecular weight excluding hydrogens is 216 g/mol. The Morgan fingerprint density at radius 2 is 2.31 bits per heavy atom. The highest BCUT2D eigenvalue weighted by atomic mass is 29.6. The minimum absolute atomic E-state index is 0.381. The van der Waals surface area contributed by atoms with Gasteiger partial charge >= 0.3 is 14.0 Å². The number of hydrogen-bond donors (Lipinski definition) is 1. The van der Waals surface area contributed by atoms with Crippen LogP contribution in [0.15, 0.2) is 12.2 Å². The molecule has 0 spiro atoms. The van der Waals surface area contributed by atoms with Gasteiger partial charge in [-0.1, -0.05) is 19.9 Å². The molecule has 0 radical (unpaired) electrons. The molecular formula is C7H18O3Si3. The van der Waals surface area contributed by atoms with Gasteiger partial charge < -0.3 is 9.22 Å². The van der Waals surface area contributed by atoms with Crippen LogP contribution in [0.2, 0.25) is 6.04 Å². The van der Waals surface area contributed by atoms with E-state index in [1.54, 1.807) is 6.92 Å². The lowest BCUT2D eigenvalue weighted by molar-refractivity contribution is -0.131. The molecule has 1 unspecified atom stereocenters. The summed E-state index contributed by atoms with van der Waals surface area (Å²) in [6, 6.07) is 0.696. The van der Waals surface area contributed by atoms with Gasteiger partial charge in [0.15, 0.2) is 0 Å². The molecule has 6 heteroatoms. The van der Waals surface area contributed by atoms with E-state index in [1.807, 2.05) is 6.92 Å². The number of carbonyl (C=O) groups is 1. The maximum Gasteiger partial charge on any atom is 0.363 e. The Morgan fingerprint density at radius 3 is 2.62 bits per heavy atom. The first-order valence-corrected chi connectivity index (χ1v) is 14.6. The Kier molecular flexibility index (Phi) is 5.45. The summed E-state index contributed by atoms with van der Waals surface area (Å²) < 4.78 is 5.14. The van der Waals surface area contributed by atoms with Gasteiger partial charge in [-0.25, -0.2) is 4.79 Å². The molecule has 0 aromatic rings.